The highest BCUT2D eigenvalue weighted by Gasteiger charge is 2.59. The van der Waals surface area contributed by atoms with Crippen LogP contribution in [0.4, 0.5) is 0 Å². The van der Waals surface area contributed by atoms with E-state index in [0.29, 0.717) is 17.3 Å². The fraction of sp³-hybridized carbons (Fsp3) is 0.965. The molecule has 3 saturated carbocycles. The number of hydrogen-bond acceptors (Lipinski definition) is 8. The third-order valence-electron chi connectivity index (χ3n) is 16.9. The van der Waals surface area contributed by atoms with Crippen LogP contribution in [0.1, 0.15) is 244 Å². The van der Waals surface area contributed by atoms with E-state index in [0.717, 1.165) is 67.6 Å². The number of nitrogens with two attached hydrogens (primary N) is 1. The molecule has 0 aliphatic heterocycles. The van der Waals surface area contributed by atoms with E-state index in [1.54, 1.807) is 5.57 Å². The van der Waals surface area contributed by atoms with Gasteiger partial charge in [0.05, 0.1) is 49.8 Å². The van der Waals surface area contributed by atoms with Gasteiger partial charge in [0.15, 0.2) is 0 Å². The van der Waals surface area contributed by atoms with Crippen molar-refractivity contribution in [3.63, 3.8) is 0 Å². The van der Waals surface area contributed by atoms with E-state index in [-0.39, 0.29) is 36.8 Å². The molecular formula is C57H113NO7. The van der Waals surface area contributed by atoms with Crippen molar-refractivity contribution in [2.75, 3.05) is 13.2 Å². The first-order valence-corrected chi connectivity index (χ1v) is 27.6. The zero-order valence-electron chi connectivity index (χ0n) is 44.9. The lowest BCUT2D eigenvalue weighted by atomic mass is 9.46. The van der Waals surface area contributed by atoms with Crippen molar-refractivity contribution in [3.8, 4) is 0 Å². The Kier molecular flexibility index (Phi) is 31.1. The molecule has 0 spiro atoms. The Bertz CT molecular complexity index is 1220. The molecular weight excluding hydrogens is 811 g/mol. The second-order valence-corrected chi connectivity index (χ2v) is 24.0. The Morgan fingerprint density at radius 3 is 1.74 bits per heavy atom. The number of hydrogen-bond donors (Lipinski definition) is 8. The fourth-order valence-electron chi connectivity index (χ4n) is 12.5. The van der Waals surface area contributed by atoms with Gasteiger partial charge in [-0.1, -0.05) is 178 Å². The summed E-state index contributed by atoms with van der Waals surface area (Å²) in [4.78, 5) is 0. The molecule has 0 saturated heterocycles. The highest BCUT2D eigenvalue weighted by Crippen LogP contribution is 2.67. The zero-order chi connectivity index (χ0) is 49.4. The van der Waals surface area contributed by atoms with Crippen LogP contribution in [-0.2, 0) is 0 Å². The standard InChI is InChI=1S/C27H46O.C18H39NO3.C8H18O.C4H10O2/c1-18(2)7-6-8-19(3)23-11-12-24-22-10-9-20-17-21(28)13-15-26(20,4)25(22)14-16-27(23,24)5;1-3-4-5-6-7-8-9-10-11-12-13-15(2)17(21)18(22)16(19)14-20;1-5-7(9)6-8(2,3)4;1-2-4(6)3-5/h17-19,21-25,28H,6-16H2,1-5H3;15-18,20-22H,3-14,19H2,1-2H3;7,9H,5-6H2,1-4H3;4-6H,2-3H2,1H3. The number of unbranched alkanes of at least 4 members (excludes halogenated alkanes) is 9. The maximum atomic E-state index is 10.2. The van der Waals surface area contributed by atoms with Crippen LogP contribution in [0.3, 0.4) is 0 Å². The van der Waals surface area contributed by atoms with Gasteiger partial charge in [-0.2, -0.15) is 0 Å². The zero-order valence-corrected chi connectivity index (χ0v) is 44.9. The van der Waals surface area contributed by atoms with Gasteiger partial charge >= 0.3 is 0 Å². The van der Waals surface area contributed by atoms with Crippen LogP contribution in [0.5, 0.6) is 0 Å². The van der Waals surface area contributed by atoms with Crippen LogP contribution >= 0.6 is 0 Å². The molecule has 0 bridgehead atoms. The fourth-order valence-corrected chi connectivity index (χ4v) is 12.5. The Morgan fingerprint density at radius 2 is 1.25 bits per heavy atom. The summed E-state index contributed by atoms with van der Waals surface area (Å²) in [5.41, 5.74) is 8.43. The van der Waals surface area contributed by atoms with E-state index in [9.17, 15) is 20.4 Å². The molecule has 4 aliphatic rings. The Morgan fingerprint density at radius 1 is 0.662 bits per heavy atom. The molecule has 8 heteroatoms. The molecule has 0 aromatic heterocycles. The molecule has 3 fully saturated rings. The van der Waals surface area contributed by atoms with E-state index in [2.05, 4.69) is 68.4 Å². The highest BCUT2D eigenvalue weighted by atomic mass is 16.3. The third kappa shape index (κ3) is 21.9. The minimum absolute atomic E-state index is 0.0154. The summed E-state index contributed by atoms with van der Waals surface area (Å²) in [6, 6.07) is -0.759. The van der Waals surface area contributed by atoms with E-state index in [1.165, 1.54) is 122 Å². The van der Waals surface area contributed by atoms with Crippen LogP contribution in [0.2, 0.25) is 0 Å². The largest absolute Gasteiger partial charge is 0.395 e. The molecule has 14 unspecified atom stereocenters. The molecule has 14 atom stereocenters. The predicted molar refractivity (Wildman–Crippen MR) is 276 cm³/mol. The third-order valence-corrected chi connectivity index (χ3v) is 16.9. The van der Waals surface area contributed by atoms with Gasteiger partial charge in [-0.05, 0) is 135 Å². The van der Waals surface area contributed by atoms with Crippen LogP contribution in [0.25, 0.3) is 0 Å². The van der Waals surface area contributed by atoms with Crippen LogP contribution in [0.15, 0.2) is 11.6 Å². The number of fused-ring (bicyclic) bond motifs is 5. The van der Waals surface area contributed by atoms with Gasteiger partial charge in [0.25, 0.3) is 0 Å². The molecule has 4 aliphatic carbocycles. The van der Waals surface area contributed by atoms with Crippen molar-refractivity contribution in [1.82, 2.24) is 0 Å². The lowest BCUT2D eigenvalue weighted by molar-refractivity contribution is -0.0626. The Labute approximate surface area is 402 Å². The molecule has 388 valence electrons. The van der Waals surface area contributed by atoms with E-state index < -0.39 is 24.4 Å². The van der Waals surface area contributed by atoms with Crippen molar-refractivity contribution in [2.24, 2.45) is 63.4 Å². The van der Waals surface area contributed by atoms with Crippen molar-refractivity contribution in [2.45, 2.75) is 280 Å². The summed E-state index contributed by atoms with van der Waals surface area (Å²) in [7, 11) is 0. The topological polar surface area (TPSA) is 168 Å². The summed E-state index contributed by atoms with van der Waals surface area (Å²) in [6.07, 6.45) is 30.9. The minimum Gasteiger partial charge on any atom is -0.395 e. The molecule has 0 amide bonds. The maximum Gasteiger partial charge on any atom is 0.0974 e. The minimum atomic E-state index is -1.04. The number of allylic oxidation sites excluding steroid dienone is 1. The number of aliphatic hydroxyl groups excluding tert-OH is 7. The summed E-state index contributed by atoms with van der Waals surface area (Å²) in [6.45, 7) is 26.6. The van der Waals surface area contributed by atoms with Crippen molar-refractivity contribution in [1.29, 1.82) is 0 Å². The van der Waals surface area contributed by atoms with E-state index >= 15 is 0 Å². The van der Waals surface area contributed by atoms with Gasteiger partial charge in [0.1, 0.15) is 0 Å². The van der Waals surface area contributed by atoms with Crippen molar-refractivity contribution < 1.29 is 35.7 Å². The van der Waals surface area contributed by atoms with Gasteiger partial charge in [-0.15, -0.1) is 0 Å². The van der Waals surface area contributed by atoms with Crippen LogP contribution < -0.4 is 5.73 Å². The summed E-state index contributed by atoms with van der Waals surface area (Å²) in [5.74, 6) is 5.54. The van der Waals surface area contributed by atoms with Gasteiger partial charge < -0.3 is 41.5 Å². The van der Waals surface area contributed by atoms with Crippen molar-refractivity contribution >= 4 is 0 Å². The summed E-state index contributed by atoms with van der Waals surface area (Å²) < 4.78 is 0. The van der Waals surface area contributed by atoms with Crippen LogP contribution in [-0.4, -0.2) is 85.5 Å². The molecule has 8 nitrogen and oxygen atoms in total. The maximum absolute atomic E-state index is 10.2. The predicted octanol–water partition coefficient (Wildman–Crippen LogP) is 12.3. The SMILES string of the molecule is CC(C)CCCC(C)C1CCC2C3CCC4=CC(O)CCC4(C)C3CCC12C.CCC(O)CC(C)(C)C.CCC(O)CO.CCCCCCCCCCCCC(C)C(O)C(O)C(N)CO. The van der Waals surface area contributed by atoms with Gasteiger partial charge in [-0.25, -0.2) is 0 Å². The monoisotopic (exact) mass is 924 g/mol. The number of aliphatic hydroxyl groups is 7. The normalized spacial score (nSPS) is 29.4. The highest BCUT2D eigenvalue weighted by molar-refractivity contribution is 5.25. The second-order valence-electron chi connectivity index (χ2n) is 24.0. The van der Waals surface area contributed by atoms with Gasteiger partial charge in [-0.3, -0.25) is 0 Å². The Hall–Kier alpha value is -0.580. The molecule has 9 N–H and O–H groups in total. The first kappa shape index (κ1) is 62.4. The van der Waals surface area contributed by atoms with Gasteiger partial charge in [0, 0.05) is 0 Å². The molecule has 4 rings (SSSR count). The first-order valence-electron chi connectivity index (χ1n) is 27.6. The van der Waals surface area contributed by atoms with Crippen LogP contribution in [0, 0.1) is 57.7 Å². The van der Waals surface area contributed by atoms with E-state index in [1.807, 2.05) is 20.8 Å². The van der Waals surface area contributed by atoms with E-state index in [4.69, 9.17) is 21.1 Å². The lowest BCUT2D eigenvalue weighted by Gasteiger charge is -2.59. The average molecular weight is 925 g/mol. The summed E-state index contributed by atoms with van der Waals surface area (Å²) in [5, 5.41) is 64.5. The molecule has 0 aromatic rings. The first-order chi connectivity index (χ1) is 30.6. The summed E-state index contributed by atoms with van der Waals surface area (Å²) >= 11 is 0. The Balaban J connectivity index is 0.000000505. The molecule has 0 heterocycles. The second kappa shape index (κ2) is 32.3. The number of rotatable bonds is 24. The average Bonchev–Trinajstić information content (AvgIpc) is 3.63. The molecule has 0 aromatic carbocycles. The van der Waals surface area contributed by atoms with Crippen molar-refractivity contribution in [3.05, 3.63) is 11.6 Å². The quantitative estimate of drug-likeness (QED) is 0.0350. The van der Waals surface area contributed by atoms with Gasteiger partial charge in [0.2, 0.25) is 0 Å². The molecule has 65 heavy (non-hydrogen) atoms. The molecule has 0 radical (unpaired) electrons. The lowest BCUT2D eigenvalue weighted by Crippen LogP contribution is -2.51. The smallest absolute Gasteiger partial charge is 0.0974 e.